The quantitative estimate of drug-likeness (QED) is 0.547. The predicted octanol–water partition coefficient (Wildman–Crippen LogP) is 5.02. The highest BCUT2D eigenvalue weighted by Gasteiger charge is 2.36. The summed E-state index contributed by atoms with van der Waals surface area (Å²) in [5.41, 5.74) is 4.79. The molecule has 0 fully saturated rings. The maximum Gasteiger partial charge on any atom is 0.419 e. The number of benzene rings is 3. The molecule has 0 radical (unpaired) electrons. The van der Waals surface area contributed by atoms with Crippen LogP contribution in [0.25, 0.3) is 0 Å². The lowest BCUT2D eigenvalue weighted by Crippen LogP contribution is -2.37. The van der Waals surface area contributed by atoms with Gasteiger partial charge in [0.25, 0.3) is 0 Å². The van der Waals surface area contributed by atoms with E-state index in [4.69, 9.17) is 10.5 Å². The molecule has 3 nitrogen and oxygen atoms in total. The smallest absolute Gasteiger partial charge is 0.419 e. The molecule has 0 aliphatic carbocycles. The fourth-order valence-electron chi connectivity index (χ4n) is 3.01. The van der Waals surface area contributed by atoms with E-state index in [1.165, 1.54) is 12.1 Å². The summed E-state index contributed by atoms with van der Waals surface area (Å²) in [5.74, 6) is -0.302. The topological polar surface area (TPSA) is 55.5 Å². The maximum atomic E-state index is 13.6. The highest BCUT2D eigenvalue weighted by atomic mass is 19.4. The molecule has 3 N–H and O–H groups in total. The van der Waals surface area contributed by atoms with Crippen molar-refractivity contribution in [2.75, 3.05) is 0 Å². The second kappa shape index (κ2) is 8.68. The van der Waals surface area contributed by atoms with Crippen molar-refractivity contribution in [3.63, 3.8) is 0 Å². The summed E-state index contributed by atoms with van der Waals surface area (Å²) in [5, 5.41) is 10.6. The van der Waals surface area contributed by atoms with E-state index < -0.39 is 17.5 Å². The third-order valence-electron chi connectivity index (χ3n) is 4.66. The van der Waals surface area contributed by atoms with Gasteiger partial charge in [-0.25, -0.2) is 0 Å². The van der Waals surface area contributed by atoms with Gasteiger partial charge in [-0.05, 0) is 41.7 Å². The van der Waals surface area contributed by atoms with Crippen LogP contribution in [0.3, 0.4) is 0 Å². The van der Waals surface area contributed by atoms with Gasteiger partial charge in [0, 0.05) is 0 Å². The van der Waals surface area contributed by atoms with Gasteiger partial charge in [-0.1, -0.05) is 66.7 Å². The first-order valence-corrected chi connectivity index (χ1v) is 9.19. The van der Waals surface area contributed by atoms with Crippen LogP contribution in [-0.2, 0) is 24.9 Å². The Bertz CT molecular complexity index is 926. The first-order valence-electron chi connectivity index (χ1n) is 9.19. The molecule has 1 atom stereocenters. The molecule has 0 bridgehead atoms. The number of aliphatic hydroxyl groups is 1. The average molecular weight is 401 g/mol. The second-order valence-corrected chi connectivity index (χ2v) is 6.89. The zero-order chi connectivity index (χ0) is 20.9. The van der Waals surface area contributed by atoms with Crippen LogP contribution < -0.4 is 10.5 Å². The summed E-state index contributed by atoms with van der Waals surface area (Å²) in [4.78, 5) is 0. The zero-order valence-corrected chi connectivity index (χ0v) is 15.7. The Morgan fingerprint density at radius 2 is 1.41 bits per heavy atom. The molecule has 3 aromatic rings. The van der Waals surface area contributed by atoms with Crippen LogP contribution in [0.2, 0.25) is 0 Å². The number of ether oxygens (including phenoxy) is 1. The van der Waals surface area contributed by atoms with Crippen molar-refractivity contribution in [1.82, 2.24) is 0 Å². The van der Waals surface area contributed by atoms with E-state index in [1.807, 2.05) is 36.4 Å². The van der Waals surface area contributed by atoms with Crippen LogP contribution in [0.5, 0.6) is 5.75 Å². The molecule has 3 rings (SSSR count). The maximum absolute atomic E-state index is 13.6. The van der Waals surface area contributed by atoms with E-state index in [-0.39, 0.29) is 24.3 Å². The highest BCUT2D eigenvalue weighted by Crippen LogP contribution is 2.39. The van der Waals surface area contributed by atoms with Gasteiger partial charge < -0.3 is 9.84 Å². The molecule has 0 aliphatic rings. The lowest BCUT2D eigenvalue weighted by Gasteiger charge is -2.25. The molecule has 6 heteroatoms. The molecule has 0 amide bonds. The second-order valence-electron chi connectivity index (χ2n) is 6.89. The van der Waals surface area contributed by atoms with Gasteiger partial charge in [0.05, 0.1) is 5.56 Å². The Balaban J connectivity index is 1.80. The largest absolute Gasteiger partial charge is 0.488 e. The molecule has 0 aromatic heterocycles. The fraction of sp³-hybridized carbons (Fsp3) is 0.217. The van der Waals surface area contributed by atoms with Crippen molar-refractivity contribution in [3.05, 3.63) is 101 Å². The number of nitrogens with two attached hydrogens (primary N) is 1. The van der Waals surface area contributed by atoms with E-state index in [9.17, 15) is 18.3 Å². The Morgan fingerprint density at radius 3 is 2.00 bits per heavy atom. The van der Waals surface area contributed by atoms with Crippen molar-refractivity contribution in [1.29, 1.82) is 0 Å². The number of alkyl halides is 3. The first-order chi connectivity index (χ1) is 13.8. The van der Waals surface area contributed by atoms with Crippen molar-refractivity contribution in [3.8, 4) is 5.75 Å². The van der Waals surface area contributed by atoms with Gasteiger partial charge >= 0.3 is 6.18 Å². The minimum atomic E-state index is -4.64. The molecular formula is C23H22F3NO2. The van der Waals surface area contributed by atoms with Crippen LogP contribution in [-0.4, -0.2) is 5.11 Å². The standard InChI is InChI=1S/C23H22F3NO2/c24-23(25,26)20-15-19(22(27,28)14-13-17-7-3-1-4-8-17)11-12-21(20)29-16-18-9-5-2-6-10-18/h1-12,15,28H,13-14,16,27H2. The van der Waals surface area contributed by atoms with Gasteiger partial charge in [0.15, 0.2) is 0 Å². The van der Waals surface area contributed by atoms with Crippen molar-refractivity contribution in [2.45, 2.75) is 31.3 Å². The van der Waals surface area contributed by atoms with E-state index in [1.54, 1.807) is 24.3 Å². The number of rotatable bonds is 7. The lowest BCUT2D eigenvalue weighted by atomic mass is 9.94. The van der Waals surface area contributed by atoms with Crippen molar-refractivity contribution in [2.24, 2.45) is 5.73 Å². The number of aryl methyl sites for hydroxylation is 1. The van der Waals surface area contributed by atoms with E-state index in [2.05, 4.69) is 0 Å². The number of hydrogen-bond acceptors (Lipinski definition) is 3. The summed E-state index contributed by atoms with van der Waals surface area (Å²) < 4.78 is 46.2. The van der Waals surface area contributed by atoms with Crippen molar-refractivity contribution < 1.29 is 23.0 Å². The zero-order valence-electron chi connectivity index (χ0n) is 15.7. The molecular weight excluding hydrogens is 379 g/mol. The van der Waals surface area contributed by atoms with Gasteiger partial charge in [-0.3, -0.25) is 5.73 Å². The molecule has 0 aliphatic heterocycles. The molecule has 29 heavy (non-hydrogen) atoms. The predicted molar refractivity (Wildman–Crippen MR) is 105 cm³/mol. The molecule has 0 saturated carbocycles. The Morgan fingerprint density at radius 1 is 0.828 bits per heavy atom. The van der Waals surface area contributed by atoms with Gasteiger partial charge in [-0.2, -0.15) is 13.2 Å². The van der Waals surface area contributed by atoms with E-state index in [0.717, 1.165) is 17.2 Å². The summed E-state index contributed by atoms with van der Waals surface area (Å²) in [6.07, 6.45) is -4.13. The van der Waals surface area contributed by atoms with Crippen LogP contribution in [0, 0.1) is 0 Å². The lowest BCUT2D eigenvalue weighted by molar-refractivity contribution is -0.139. The molecule has 0 spiro atoms. The number of hydrogen-bond donors (Lipinski definition) is 2. The highest BCUT2D eigenvalue weighted by molar-refractivity contribution is 5.41. The van der Waals surface area contributed by atoms with Crippen LogP contribution >= 0.6 is 0 Å². The Hall–Kier alpha value is -2.83. The van der Waals surface area contributed by atoms with Crippen LogP contribution in [0.4, 0.5) is 13.2 Å². The van der Waals surface area contributed by atoms with Gasteiger partial charge in [0.1, 0.15) is 18.1 Å². The third-order valence-corrected chi connectivity index (χ3v) is 4.66. The third kappa shape index (κ3) is 5.59. The minimum Gasteiger partial charge on any atom is -0.488 e. The van der Waals surface area contributed by atoms with Gasteiger partial charge in [-0.15, -0.1) is 0 Å². The molecule has 0 saturated heterocycles. The first kappa shape index (κ1) is 20.9. The molecule has 3 aromatic carbocycles. The monoisotopic (exact) mass is 401 g/mol. The van der Waals surface area contributed by atoms with Crippen LogP contribution in [0.15, 0.2) is 78.9 Å². The Kier molecular flexibility index (Phi) is 6.25. The summed E-state index contributed by atoms with van der Waals surface area (Å²) in [7, 11) is 0. The fourth-order valence-corrected chi connectivity index (χ4v) is 3.01. The van der Waals surface area contributed by atoms with Crippen LogP contribution in [0.1, 0.15) is 28.7 Å². The van der Waals surface area contributed by atoms with E-state index >= 15 is 0 Å². The van der Waals surface area contributed by atoms with Crippen molar-refractivity contribution >= 4 is 0 Å². The average Bonchev–Trinajstić information content (AvgIpc) is 2.71. The SMILES string of the molecule is NC(O)(CCc1ccccc1)c1ccc(OCc2ccccc2)c(C(F)(F)F)c1. The Labute approximate surface area is 167 Å². The van der Waals surface area contributed by atoms with Gasteiger partial charge in [0.2, 0.25) is 0 Å². The normalized spacial score (nSPS) is 13.7. The summed E-state index contributed by atoms with van der Waals surface area (Å²) in [6.45, 7) is 0.00413. The number of halogens is 3. The summed E-state index contributed by atoms with van der Waals surface area (Å²) in [6, 6.07) is 21.7. The minimum absolute atomic E-state index is 0.00413. The summed E-state index contributed by atoms with van der Waals surface area (Å²) >= 11 is 0. The van der Waals surface area contributed by atoms with E-state index in [0.29, 0.717) is 6.42 Å². The molecule has 152 valence electrons. The molecule has 0 heterocycles. The molecule has 1 unspecified atom stereocenters.